The predicted octanol–water partition coefficient (Wildman–Crippen LogP) is 2.37. The smallest absolute Gasteiger partial charge is 0.339 e. The zero-order chi connectivity index (χ0) is 18.8. The van der Waals surface area contributed by atoms with Gasteiger partial charge in [-0.05, 0) is 31.2 Å². The Labute approximate surface area is 151 Å². The predicted molar refractivity (Wildman–Crippen MR) is 90.6 cm³/mol. The number of benzene rings is 1. The van der Waals surface area contributed by atoms with Crippen molar-refractivity contribution < 1.29 is 27.1 Å². The zero-order valence-electron chi connectivity index (χ0n) is 12.7. The maximum atomic E-state index is 13.1. The first-order valence-electron chi connectivity index (χ1n) is 6.66. The summed E-state index contributed by atoms with van der Waals surface area (Å²) in [4.78, 5) is 24.0. The highest BCUT2D eigenvalue weighted by Gasteiger charge is 2.22. The molecule has 1 aromatic carbocycles. The molecule has 2 rings (SSSR count). The number of nitrogens with one attached hydrogen (secondary N) is 1. The Kier molecular flexibility index (Phi) is 5.78. The average Bonchev–Trinajstić information content (AvgIpc) is 3.01. The molecule has 1 aromatic heterocycles. The minimum Gasteiger partial charge on any atom is -0.449 e. The number of esters is 1. The standard InChI is InChI=1S/C14H12ClFN2O5S2/c1-7(13(19)18-9-2-3-11(16)10(15)5-9)23-14(20)8-4-12(24-6-8)25(17,21)22/h2-7H,1H3,(H,18,19)(H2,17,21,22). The van der Waals surface area contributed by atoms with Crippen LogP contribution in [0.4, 0.5) is 10.1 Å². The highest BCUT2D eigenvalue weighted by Crippen LogP contribution is 2.21. The van der Waals surface area contributed by atoms with Gasteiger partial charge in [-0.3, -0.25) is 4.79 Å². The first-order valence-corrected chi connectivity index (χ1v) is 9.46. The summed E-state index contributed by atoms with van der Waals surface area (Å²) in [7, 11) is -3.92. The second-order valence-electron chi connectivity index (χ2n) is 4.87. The molecule has 7 nitrogen and oxygen atoms in total. The van der Waals surface area contributed by atoms with Crippen molar-refractivity contribution in [2.45, 2.75) is 17.2 Å². The number of primary sulfonamides is 1. The molecule has 25 heavy (non-hydrogen) atoms. The number of hydrogen-bond acceptors (Lipinski definition) is 6. The lowest BCUT2D eigenvalue weighted by Crippen LogP contribution is -2.29. The van der Waals surface area contributed by atoms with Crippen molar-refractivity contribution in [2.75, 3.05) is 5.32 Å². The van der Waals surface area contributed by atoms with Gasteiger partial charge in [0.2, 0.25) is 10.0 Å². The van der Waals surface area contributed by atoms with Crippen molar-refractivity contribution in [3.05, 3.63) is 46.0 Å². The number of amides is 1. The van der Waals surface area contributed by atoms with Gasteiger partial charge < -0.3 is 10.1 Å². The van der Waals surface area contributed by atoms with Crippen molar-refractivity contribution in [2.24, 2.45) is 5.14 Å². The molecule has 134 valence electrons. The van der Waals surface area contributed by atoms with Crippen LogP contribution in [0, 0.1) is 5.82 Å². The Bertz CT molecular complexity index is 929. The fraction of sp³-hybridized carbons (Fsp3) is 0.143. The number of nitrogens with two attached hydrogens (primary N) is 1. The lowest BCUT2D eigenvalue weighted by molar-refractivity contribution is -0.123. The van der Waals surface area contributed by atoms with E-state index in [0.29, 0.717) is 0 Å². The van der Waals surface area contributed by atoms with Gasteiger partial charge in [-0.2, -0.15) is 0 Å². The summed E-state index contributed by atoms with van der Waals surface area (Å²) in [5, 5.41) is 8.46. The average molecular weight is 407 g/mol. The molecule has 0 aliphatic carbocycles. The van der Waals surface area contributed by atoms with Crippen LogP contribution < -0.4 is 10.5 Å². The Morgan fingerprint density at radius 2 is 2.04 bits per heavy atom. The van der Waals surface area contributed by atoms with E-state index in [-0.39, 0.29) is 20.5 Å². The lowest BCUT2D eigenvalue weighted by atomic mass is 10.3. The van der Waals surface area contributed by atoms with E-state index in [1.165, 1.54) is 24.4 Å². The van der Waals surface area contributed by atoms with Crippen LogP contribution in [0.15, 0.2) is 33.9 Å². The van der Waals surface area contributed by atoms with E-state index in [1.54, 1.807) is 0 Å². The molecule has 0 radical (unpaired) electrons. The second-order valence-corrected chi connectivity index (χ2v) is 7.97. The van der Waals surface area contributed by atoms with E-state index in [9.17, 15) is 22.4 Å². The molecule has 0 spiro atoms. The van der Waals surface area contributed by atoms with Crippen LogP contribution in [0.5, 0.6) is 0 Å². The molecule has 1 heterocycles. The third-order valence-corrected chi connectivity index (χ3v) is 5.61. The number of sulfonamides is 1. The van der Waals surface area contributed by atoms with Gasteiger partial charge in [-0.25, -0.2) is 22.7 Å². The van der Waals surface area contributed by atoms with Crippen LogP contribution >= 0.6 is 22.9 Å². The van der Waals surface area contributed by atoms with Crippen LogP contribution in [0.2, 0.25) is 5.02 Å². The van der Waals surface area contributed by atoms with E-state index in [2.05, 4.69) is 5.32 Å². The summed E-state index contributed by atoms with van der Waals surface area (Å²) in [5.41, 5.74) is 0.185. The Morgan fingerprint density at radius 3 is 2.60 bits per heavy atom. The number of anilines is 1. The van der Waals surface area contributed by atoms with Gasteiger partial charge in [0, 0.05) is 11.1 Å². The largest absolute Gasteiger partial charge is 0.449 e. The fourth-order valence-corrected chi connectivity index (χ4v) is 3.43. The monoisotopic (exact) mass is 406 g/mol. The molecule has 0 bridgehead atoms. The highest BCUT2D eigenvalue weighted by molar-refractivity contribution is 7.91. The van der Waals surface area contributed by atoms with E-state index in [4.69, 9.17) is 21.5 Å². The van der Waals surface area contributed by atoms with Crippen molar-refractivity contribution in [3.8, 4) is 0 Å². The summed E-state index contributed by atoms with van der Waals surface area (Å²) in [6, 6.07) is 4.65. The number of ether oxygens (including phenoxy) is 1. The quantitative estimate of drug-likeness (QED) is 0.739. The molecule has 1 atom stereocenters. The van der Waals surface area contributed by atoms with Crippen molar-refractivity contribution in [3.63, 3.8) is 0 Å². The molecule has 0 aliphatic rings. The maximum absolute atomic E-state index is 13.1. The van der Waals surface area contributed by atoms with E-state index >= 15 is 0 Å². The number of carbonyl (C=O) groups is 2. The van der Waals surface area contributed by atoms with Crippen LogP contribution in [0.3, 0.4) is 0 Å². The van der Waals surface area contributed by atoms with Crippen LogP contribution in [-0.4, -0.2) is 26.4 Å². The van der Waals surface area contributed by atoms with Crippen LogP contribution in [0.25, 0.3) is 0 Å². The van der Waals surface area contributed by atoms with E-state index < -0.39 is 33.8 Å². The van der Waals surface area contributed by atoms with Gasteiger partial charge in [0.1, 0.15) is 10.0 Å². The van der Waals surface area contributed by atoms with Crippen LogP contribution in [0.1, 0.15) is 17.3 Å². The summed E-state index contributed by atoms with van der Waals surface area (Å²) in [5.74, 6) is -2.19. The number of carbonyl (C=O) groups excluding carboxylic acids is 2. The molecule has 1 amide bonds. The summed E-state index contributed by atoms with van der Waals surface area (Å²) < 4.78 is 40.2. The number of thiophene rings is 1. The fourth-order valence-electron chi connectivity index (χ4n) is 1.67. The molecule has 0 aliphatic heterocycles. The highest BCUT2D eigenvalue weighted by atomic mass is 35.5. The normalized spacial score (nSPS) is 12.5. The topological polar surface area (TPSA) is 116 Å². The van der Waals surface area contributed by atoms with Gasteiger partial charge in [-0.1, -0.05) is 11.6 Å². The lowest BCUT2D eigenvalue weighted by Gasteiger charge is -2.13. The minimum atomic E-state index is -3.92. The van der Waals surface area contributed by atoms with Crippen molar-refractivity contribution in [1.82, 2.24) is 0 Å². The second kappa shape index (κ2) is 7.48. The Balaban J connectivity index is 2.01. The first kappa shape index (κ1) is 19.3. The molecular weight excluding hydrogens is 395 g/mol. The SMILES string of the molecule is CC(OC(=O)c1csc(S(N)(=O)=O)c1)C(=O)Nc1ccc(F)c(Cl)c1. The van der Waals surface area contributed by atoms with Crippen molar-refractivity contribution in [1.29, 1.82) is 0 Å². The van der Waals surface area contributed by atoms with Gasteiger partial charge in [0.05, 0.1) is 10.6 Å². The minimum absolute atomic E-state index is 0.0431. The van der Waals surface area contributed by atoms with E-state index in [1.807, 2.05) is 0 Å². The van der Waals surface area contributed by atoms with Crippen molar-refractivity contribution >= 4 is 50.5 Å². The maximum Gasteiger partial charge on any atom is 0.339 e. The third kappa shape index (κ3) is 4.98. The molecule has 0 saturated carbocycles. The summed E-state index contributed by atoms with van der Waals surface area (Å²) in [6.07, 6.45) is -1.19. The molecule has 11 heteroatoms. The van der Waals surface area contributed by atoms with E-state index in [0.717, 1.165) is 23.5 Å². The number of halogens is 2. The molecule has 2 aromatic rings. The molecular formula is C14H12ClFN2O5S2. The molecule has 0 saturated heterocycles. The third-order valence-electron chi connectivity index (χ3n) is 2.93. The Hall–Kier alpha value is -2.01. The zero-order valence-corrected chi connectivity index (χ0v) is 15.0. The van der Waals surface area contributed by atoms with Gasteiger partial charge in [-0.15, -0.1) is 11.3 Å². The molecule has 1 unspecified atom stereocenters. The molecule has 0 fully saturated rings. The summed E-state index contributed by atoms with van der Waals surface area (Å²) in [6.45, 7) is 1.32. The summed E-state index contributed by atoms with van der Waals surface area (Å²) >= 11 is 6.37. The Morgan fingerprint density at radius 1 is 1.36 bits per heavy atom. The molecule has 3 N–H and O–H groups in total. The number of rotatable bonds is 5. The number of hydrogen-bond donors (Lipinski definition) is 2. The van der Waals surface area contributed by atoms with Gasteiger partial charge in [0.25, 0.3) is 5.91 Å². The first-order chi connectivity index (χ1) is 11.6. The van der Waals surface area contributed by atoms with Gasteiger partial charge >= 0.3 is 5.97 Å². The van der Waals surface area contributed by atoms with Gasteiger partial charge in [0.15, 0.2) is 6.10 Å². The van der Waals surface area contributed by atoms with Crippen LogP contribution in [-0.2, 0) is 19.6 Å².